The molecular formula is C22H31N7O2. The smallest absolute Gasteiger partial charge is 0.410 e. The molecule has 2 aliphatic heterocycles. The lowest BCUT2D eigenvalue weighted by molar-refractivity contribution is 0.0137. The second-order valence-electron chi connectivity index (χ2n) is 9.15. The molecule has 166 valence electrons. The Bertz CT molecular complexity index is 975. The van der Waals surface area contributed by atoms with Gasteiger partial charge in [-0.25, -0.2) is 14.5 Å². The molecule has 1 fully saturated rings. The Morgan fingerprint density at radius 3 is 2.71 bits per heavy atom. The molecule has 1 saturated heterocycles. The molecule has 4 rings (SSSR count). The quantitative estimate of drug-likeness (QED) is 0.812. The molecule has 2 aliphatic rings. The Morgan fingerprint density at radius 2 is 2.06 bits per heavy atom. The summed E-state index contributed by atoms with van der Waals surface area (Å²) in [5, 5.41) is 7.91. The number of hydrogen-bond acceptors (Lipinski definition) is 7. The van der Waals surface area contributed by atoms with E-state index in [9.17, 15) is 4.79 Å². The molecule has 1 N–H and O–H groups in total. The number of fused-ring (bicyclic) bond motifs is 1. The van der Waals surface area contributed by atoms with Crippen LogP contribution in [-0.2, 0) is 11.3 Å². The minimum atomic E-state index is -0.481. The van der Waals surface area contributed by atoms with Gasteiger partial charge in [-0.2, -0.15) is 5.10 Å². The number of ether oxygens (including phenoxy) is 1. The second-order valence-corrected chi connectivity index (χ2v) is 9.15. The van der Waals surface area contributed by atoms with Crippen LogP contribution in [0.25, 0.3) is 5.82 Å². The Balaban J connectivity index is 1.31. The summed E-state index contributed by atoms with van der Waals surface area (Å²) in [6.07, 6.45) is 1.62. The van der Waals surface area contributed by atoms with Crippen molar-refractivity contribution >= 4 is 12.1 Å². The summed E-state index contributed by atoms with van der Waals surface area (Å²) < 4.78 is 7.36. The highest BCUT2D eigenvalue weighted by Crippen LogP contribution is 2.19. The molecule has 1 amide bonds. The lowest BCUT2D eigenvalue weighted by Gasteiger charge is -2.39. The van der Waals surface area contributed by atoms with Crippen LogP contribution in [0.5, 0.6) is 0 Å². The van der Waals surface area contributed by atoms with Crippen LogP contribution < -0.4 is 5.32 Å². The Kier molecular flexibility index (Phi) is 5.60. The lowest BCUT2D eigenvalue weighted by atomic mass is 10.2. The van der Waals surface area contributed by atoms with Crippen LogP contribution in [0, 0.1) is 13.8 Å². The van der Waals surface area contributed by atoms with Crippen LogP contribution in [0.4, 0.5) is 4.79 Å². The Morgan fingerprint density at radius 1 is 1.26 bits per heavy atom. The number of carbonyl (C=O) groups excluding carboxylic acids is 1. The monoisotopic (exact) mass is 425 g/mol. The van der Waals surface area contributed by atoms with Crippen molar-refractivity contribution < 1.29 is 9.53 Å². The molecule has 0 spiro atoms. The number of carbonyl (C=O) groups is 1. The molecule has 2 aromatic heterocycles. The van der Waals surface area contributed by atoms with Crippen molar-refractivity contribution in [1.82, 2.24) is 29.9 Å². The first-order valence-electron chi connectivity index (χ1n) is 10.7. The zero-order valence-corrected chi connectivity index (χ0v) is 18.9. The summed E-state index contributed by atoms with van der Waals surface area (Å²) in [5.74, 6) is 1.70. The predicted molar refractivity (Wildman–Crippen MR) is 118 cm³/mol. The number of amides is 1. The van der Waals surface area contributed by atoms with Crippen LogP contribution in [0.3, 0.4) is 0 Å². The molecule has 4 heterocycles. The molecular weight excluding hydrogens is 394 g/mol. The fourth-order valence-corrected chi connectivity index (χ4v) is 3.91. The summed E-state index contributed by atoms with van der Waals surface area (Å²) in [6, 6.07) is 6.26. The predicted octanol–water partition coefficient (Wildman–Crippen LogP) is 2.26. The van der Waals surface area contributed by atoms with E-state index in [1.54, 1.807) is 4.90 Å². The van der Waals surface area contributed by atoms with Gasteiger partial charge in [0.25, 0.3) is 0 Å². The van der Waals surface area contributed by atoms with Crippen molar-refractivity contribution in [2.24, 2.45) is 4.99 Å². The average Bonchev–Trinajstić information content (AvgIpc) is 3.27. The zero-order chi connectivity index (χ0) is 22.2. The highest BCUT2D eigenvalue weighted by Gasteiger charge is 2.36. The SMILES string of the molecule is Cc1cc(C)n(-c2ccc(CNC3=NCC4CN(C(=O)OC(C)(C)C)CCN34)cn2)n1. The van der Waals surface area contributed by atoms with Gasteiger partial charge in [-0.05, 0) is 52.3 Å². The van der Waals surface area contributed by atoms with Crippen molar-refractivity contribution in [1.29, 1.82) is 0 Å². The van der Waals surface area contributed by atoms with Gasteiger partial charge >= 0.3 is 6.09 Å². The molecule has 0 saturated carbocycles. The van der Waals surface area contributed by atoms with E-state index >= 15 is 0 Å². The molecule has 0 bridgehead atoms. The first-order chi connectivity index (χ1) is 14.7. The van der Waals surface area contributed by atoms with E-state index < -0.39 is 5.60 Å². The van der Waals surface area contributed by atoms with Crippen molar-refractivity contribution in [3.8, 4) is 5.82 Å². The van der Waals surface area contributed by atoms with E-state index in [0.29, 0.717) is 26.2 Å². The number of rotatable bonds is 3. The van der Waals surface area contributed by atoms with Gasteiger partial charge in [0.2, 0.25) is 0 Å². The third kappa shape index (κ3) is 4.81. The average molecular weight is 426 g/mol. The molecule has 31 heavy (non-hydrogen) atoms. The summed E-state index contributed by atoms with van der Waals surface area (Å²) >= 11 is 0. The first kappa shape index (κ1) is 21.1. The van der Waals surface area contributed by atoms with Gasteiger partial charge in [-0.3, -0.25) is 4.99 Å². The van der Waals surface area contributed by atoms with E-state index in [2.05, 4.69) is 31.4 Å². The van der Waals surface area contributed by atoms with E-state index in [1.165, 1.54) is 0 Å². The fourth-order valence-electron chi connectivity index (χ4n) is 3.91. The summed E-state index contributed by atoms with van der Waals surface area (Å²) in [6.45, 7) is 13.0. The van der Waals surface area contributed by atoms with Crippen LogP contribution in [-0.4, -0.2) is 74.4 Å². The van der Waals surface area contributed by atoms with Crippen LogP contribution in [0.2, 0.25) is 0 Å². The molecule has 9 heteroatoms. The number of aliphatic imine (C=N–C) groups is 1. The Hall–Kier alpha value is -3.10. The van der Waals surface area contributed by atoms with Gasteiger partial charge in [-0.1, -0.05) is 6.07 Å². The van der Waals surface area contributed by atoms with Crippen molar-refractivity contribution in [3.63, 3.8) is 0 Å². The molecule has 1 unspecified atom stereocenters. The third-order valence-corrected chi connectivity index (χ3v) is 5.34. The van der Waals surface area contributed by atoms with Gasteiger partial charge in [0, 0.05) is 38.1 Å². The maximum absolute atomic E-state index is 12.4. The number of guanidine groups is 1. The maximum Gasteiger partial charge on any atom is 0.410 e. The number of hydrogen-bond donors (Lipinski definition) is 1. The fraction of sp³-hybridized carbons (Fsp3) is 0.545. The summed E-state index contributed by atoms with van der Waals surface area (Å²) in [4.78, 5) is 25.6. The van der Waals surface area contributed by atoms with Crippen LogP contribution in [0.1, 0.15) is 37.7 Å². The molecule has 1 atom stereocenters. The molecule has 9 nitrogen and oxygen atoms in total. The largest absolute Gasteiger partial charge is 0.444 e. The van der Waals surface area contributed by atoms with Crippen LogP contribution in [0.15, 0.2) is 29.4 Å². The third-order valence-electron chi connectivity index (χ3n) is 5.34. The van der Waals surface area contributed by atoms with Gasteiger partial charge in [0.15, 0.2) is 11.8 Å². The molecule has 0 aliphatic carbocycles. The molecule has 0 aromatic carbocycles. The van der Waals surface area contributed by atoms with Gasteiger partial charge < -0.3 is 19.9 Å². The number of nitrogens with zero attached hydrogens (tertiary/aromatic N) is 6. The Labute approximate surface area is 183 Å². The number of aryl methyl sites for hydroxylation is 2. The standard InChI is InChI=1S/C22H31N7O2/c1-15-10-16(2)29(26-15)19-7-6-17(11-23-19)12-24-20-25-13-18-14-27(8-9-28(18)20)21(30)31-22(3,4)5/h6-7,10-11,18H,8-9,12-14H2,1-5H3,(H,24,25). The van der Waals surface area contributed by atoms with Gasteiger partial charge in [0.1, 0.15) is 5.60 Å². The van der Waals surface area contributed by atoms with Crippen molar-refractivity contribution in [2.45, 2.75) is 52.8 Å². The highest BCUT2D eigenvalue weighted by atomic mass is 16.6. The maximum atomic E-state index is 12.4. The highest BCUT2D eigenvalue weighted by molar-refractivity contribution is 5.82. The minimum absolute atomic E-state index is 0.190. The first-order valence-corrected chi connectivity index (χ1v) is 10.7. The number of nitrogens with one attached hydrogen (secondary N) is 1. The lowest BCUT2D eigenvalue weighted by Crippen LogP contribution is -2.57. The van der Waals surface area contributed by atoms with E-state index in [4.69, 9.17) is 4.74 Å². The number of pyridine rings is 1. The van der Waals surface area contributed by atoms with Gasteiger partial charge in [0.05, 0.1) is 18.3 Å². The zero-order valence-electron chi connectivity index (χ0n) is 18.9. The van der Waals surface area contributed by atoms with Crippen molar-refractivity contribution in [3.05, 3.63) is 41.3 Å². The molecule has 2 aromatic rings. The molecule has 0 radical (unpaired) electrons. The van der Waals surface area contributed by atoms with E-state index in [-0.39, 0.29) is 12.1 Å². The van der Waals surface area contributed by atoms with Crippen molar-refractivity contribution in [2.75, 3.05) is 26.2 Å². The second kappa shape index (κ2) is 8.20. The summed E-state index contributed by atoms with van der Waals surface area (Å²) in [7, 11) is 0. The summed E-state index contributed by atoms with van der Waals surface area (Å²) in [5.41, 5.74) is 2.63. The van der Waals surface area contributed by atoms with Crippen LogP contribution >= 0.6 is 0 Å². The normalized spacial score (nSPS) is 18.6. The number of aromatic nitrogens is 3. The van der Waals surface area contributed by atoms with Gasteiger partial charge in [-0.15, -0.1) is 0 Å². The van der Waals surface area contributed by atoms with E-state index in [1.807, 2.05) is 57.6 Å². The van der Waals surface area contributed by atoms with E-state index in [0.717, 1.165) is 35.3 Å². The number of piperazine rings is 1. The minimum Gasteiger partial charge on any atom is -0.444 e. The topological polar surface area (TPSA) is 87.9 Å².